The Morgan fingerprint density at radius 1 is 1.20 bits per heavy atom. The van der Waals surface area contributed by atoms with Crippen molar-refractivity contribution in [2.45, 2.75) is 44.9 Å². The third kappa shape index (κ3) is 6.21. The molecule has 0 aliphatic rings. The molecule has 108 valence electrons. The Balaban J connectivity index is 2.72. The number of benzene rings is 1. The molecule has 0 heterocycles. The monoisotopic (exact) mass is 287 g/mol. The summed E-state index contributed by atoms with van der Waals surface area (Å²) in [7, 11) is 4.00. The molecule has 1 nitrogen and oxygen atoms in total. The molecule has 0 saturated heterocycles. The van der Waals surface area contributed by atoms with Crippen molar-refractivity contribution in [1.82, 2.24) is 4.90 Å². The third-order valence-corrected chi connectivity index (χ3v) is 3.79. The van der Waals surface area contributed by atoms with Gasteiger partial charge in [0.05, 0.1) is 10.9 Å². The molecular weight excluding hydrogens is 262 g/mol. The fourth-order valence-electron chi connectivity index (χ4n) is 1.95. The summed E-state index contributed by atoms with van der Waals surface area (Å²) in [5.41, 5.74) is 1.26. The van der Waals surface area contributed by atoms with Crippen molar-refractivity contribution in [2.75, 3.05) is 14.1 Å². The second kappa shape index (κ2) is 9.55. The molecule has 1 atom stereocenters. The molecule has 0 aliphatic heterocycles. The lowest BCUT2D eigenvalue weighted by Gasteiger charge is -2.17. The molecule has 0 aromatic heterocycles. The number of thiocarbonyl (C=S) groups is 1. The van der Waals surface area contributed by atoms with E-state index in [0.717, 1.165) is 17.8 Å². The molecule has 0 amide bonds. The van der Waals surface area contributed by atoms with E-state index >= 15 is 0 Å². The predicted molar refractivity (Wildman–Crippen MR) is 92.0 cm³/mol. The van der Waals surface area contributed by atoms with Crippen LogP contribution in [0, 0.1) is 11.8 Å². The van der Waals surface area contributed by atoms with Gasteiger partial charge in [0, 0.05) is 26.9 Å². The average Bonchev–Trinajstić information content (AvgIpc) is 2.46. The minimum absolute atomic E-state index is 0.215. The fourth-order valence-corrected chi connectivity index (χ4v) is 2.12. The summed E-state index contributed by atoms with van der Waals surface area (Å²) in [5.74, 6) is 6.97. The molecule has 1 rings (SSSR count). The molecule has 0 saturated carbocycles. The Labute approximate surface area is 129 Å². The number of rotatable bonds is 6. The molecule has 0 radical (unpaired) electrons. The summed E-state index contributed by atoms with van der Waals surface area (Å²) in [6.07, 6.45) is 5.53. The highest BCUT2D eigenvalue weighted by Gasteiger charge is 2.12. The van der Waals surface area contributed by atoms with Crippen LogP contribution in [0.1, 0.15) is 50.5 Å². The van der Waals surface area contributed by atoms with E-state index in [4.69, 9.17) is 12.2 Å². The van der Waals surface area contributed by atoms with E-state index in [-0.39, 0.29) is 5.92 Å². The first-order valence-electron chi connectivity index (χ1n) is 7.38. The Hall–Kier alpha value is -1.33. The quantitative estimate of drug-likeness (QED) is 0.426. The van der Waals surface area contributed by atoms with Crippen molar-refractivity contribution < 1.29 is 0 Å². The minimum atomic E-state index is 0.215. The highest BCUT2D eigenvalue weighted by molar-refractivity contribution is 7.80. The van der Waals surface area contributed by atoms with Crippen LogP contribution in [-0.4, -0.2) is 24.0 Å². The molecule has 0 N–H and O–H groups in total. The molecule has 1 aromatic rings. The Bertz CT molecular complexity index is 453. The van der Waals surface area contributed by atoms with Gasteiger partial charge in [-0.15, -0.1) is 5.92 Å². The zero-order valence-corrected chi connectivity index (χ0v) is 13.7. The van der Waals surface area contributed by atoms with E-state index < -0.39 is 0 Å². The van der Waals surface area contributed by atoms with Crippen LogP contribution in [0.4, 0.5) is 0 Å². The van der Waals surface area contributed by atoms with Crippen LogP contribution < -0.4 is 0 Å². The lowest BCUT2D eigenvalue weighted by molar-refractivity contribution is 0.612. The maximum atomic E-state index is 5.43. The topological polar surface area (TPSA) is 3.24 Å². The zero-order chi connectivity index (χ0) is 14.8. The lowest BCUT2D eigenvalue weighted by atomic mass is 9.95. The second-order valence-corrected chi connectivity index (χ2v) is 5.71. The maximum absolute atomic E-state index is 5.43. The van der Waals surface area contributed by atoms with E-state index in [0.29, 0.717) is 0 Å². The van der Waals surface area contributed by atoms with Crippen molar-refractivity contribution in [3.63, 3.8) is 0 Å². The second-order valence-electron chi connectivity index (χ2n) is 5.23. The van der Waals surface area contributed by atoms with Gasteiger partial charge >= 0.3 is 0 Å². The highest BCUT2D eigenvalue weighted by Crippen LogP contribution is 2.20. The van der Waals surface area contributed by atoms with E-state index in [1.807, 2.05) is 25.1 Å². The van der Waals surface area contributed by atoms with E-state index in [1.54, 1.807) is 0 Å². The zero-order valence-electron chi connectivity index (χ0n) is 12.9. The maximum Gasteiger partial charge on any atom is 0.0789 e. The van der Waals surface area contributed by atoms with Gasteiger partial charge in [0.25, 0.3) is 0 Å². The summed E-state index contributed by atoms with van der Waals surface area (Å²) >= 11 is 5.43. The summed E-state index contributed by atoms with van der Waals surface area (Å²) in [6.45, 7) is 2.22. The van der Waals surface area contributed by atoms with Gasteiger partial charge in [0.1, 0.15) is 0 Å². The van der Waals surface area contributed by atoms with Gasteiger partial charge in [0.2, 0.25) is 0 Å². The van der Waals surface area contributed by atoms with Crippen molar-refractivity contribution >= 4 is 17.2 Å². The van der Waals surface area contributed by atoms with Gasteiger partial charge in [-0.1, -0.05) is 68.2 Å². The molecular formula is C18H25NS. The summed E-state index contributed by atoms with van der Waals surface area (Å²) < 4.78 is 0. The van der Waals surface area contributed by atoms with Crippen LogP contribution in [0.25, 0.3) is 0 Å². The van der Waals surface area contributed by atoms with E-state index in [9.17, 15) is 0 Å². The molecule has 0 unspecified atom stereocenters. The highest BCUT2D eigenvalue weighted by atomic mass is 32.1. The molecule has 2 heteroatoms. The molecule has 20 heavy (non-hydrogen) atoms. The number of hydrogen-bond donors (Lipinski definition) is 0. The SMILES string of the molecule is CCCCCC#C[C@@H](CC(=S)N(C)C)c1ccccc1. The first-order valence-corrected chi connectivity index (χ1v) is 7.79. The van der Waals surface area contributed by atoms with Gasteiger partial charge in [-0.2, -0.15) is 0 Å². The van der Waals surface area contributed by atoms with Crippen LogP contribution in [0.5, 0.6) is 0 Å². The predicted octanol–water partition coefficient (Wildman–Crippen LogP) is 4.63. The van der Waals surface area contributed by atoms with Crippen LogP contribution in [0.3, 0.4) is 0 Å². The normalized spacial score (nSPS) is 11.3. The van der Waals surface area contributed by atoms with Crippen molar-refractivity contribution in [3.8, 4) is 11.8 Å². The third-order valence-electron chi connectivity index (χ3n) is 3.26. The Kier molecular flexibility index (Phi) is 7.99. The summed E-state index contributed by atoms with van der Waals surface area (Å²) in [5, 5.41) is 0. The molecule has 0 fully saturated rings. The Morgan fingerprint density at radius 3 is 2.50 bits per heavy atom. The molecule has 0 bridgehead atoms. The molecule has 0 aliphatic carbocycles. The first kappa shape index (κ1) is 16.7. The van der Waals surface area contributed by atoms with Gasteiger partial charge in [-0.05, 0) is 12.0 Å². The summed E-state index contributed by atoms with van der Waals surface area (Å²) in [6, 6.07) is 10.5. The van der Waals surface area contributed by atoms with Gasteiger partial charge in [0.15, 0.2) is 0 Å². The minimum Gasteiger partial charge on any atom is -0.372 e. The molecule has 0 spiro atoms. The van der Waals surface area contributed by atoms with Crippen LogP contribution >= 0.6 is 12.2 Å². The van der Waals surface area contributed by atoms with Crippen molar-refractivity contribution in [2.24, 2.45) is 0 Å². The number of nitrogens with zero attached hydrogens (tertiary/aromatic N) is 1. The van der Waals surface area contributed by atoms with E-state index in [1.165, 1.54) is 24.8 Å². The van der Waals surface area contributed by atoms with Crippen LogP contribution in [0.2, 0.25) is 0 Å². The first-order chi connectivity index (χ1) is 9.65. The van der Waals surface area contributed by atoms with Crippen LogP contribution in [0.15, 0.2) is 30.3 Å². The fraction of sp³-hybridized carbons (Fsp3) is 0.500. The molecule has 1 aromatic carbocycles. The van der Waals surface area contributed by atoms with E-state index in [2.05, 4.69) is 43.0 Å². The number of hydrogen-bond acceptors (Lipinski definition) is 1. The Morgan fingerprint density at radius 2 is 1.90 bits per heavy atom. The standard InChI is InChI=1S/C18H25NS/c1-4-5-6-7-9-14-17(15-18(20)19(2)3)16-12-10-8-11-13-16/h8,10-13,17H,4-7,15H2,1-3H3/t17-/m0/s1. The van der Waals surface area contributed by atoms with Gasteiger partial charge in [-0.3, -0.25) is 0 Å². The van der Waals surface area contributed by atoms with Crippen LogP contribution in [-0.2, 0) is 0 Å². The lowest BCUT2D eigenvalue weighted by Crippen LogP contribution is -2.21. The van der Waals surface area contributed by atoms with Gasteiger partial charge < -0.3 is 4.90 Å². The number of unbranched alkanes of at least 4 members (excludes halogenated alkanes) is 3. The smallest absolute Gasteiger partial charge is 0.0789 e. The van der Waals surface area contributed by atoms with Crippen molar-refractivity contribution in [3.05, 3.63) is 35.9 Å². The van der Waals surface area contributed by atoms with Gasteiger partial charge in [-0.25, -0.2) is 0 Å². The summed E-state index contributed by atoms with van der Waals surface area (Å²) in [4.78, 5) is 2.96. The largest absolute Gasteiger partial charge is 0.372 e. The average molecular weight is 287 g/mol. The van der Waals surface area contributed by atoms with Crippen molar-refractivity contribution in [1.29, 1.82) is 0 Å².